The molecule has 0 radical (unpaired) electrons. The maximum absolute atomic E-state index is 12.1. The molecule has 7 nitrogen and oxygen atoms in total. The van der Waals surface area contributed by atoms with Gasteiger partial charge in [-0.2, -0.15) is 0 Å². The SMILES string of the molecule is C[C@H]1OCCN[C@@H]1C(=O)NCC1CCN(S(C)(=O)=O)CC1. The number of carbonyl (C=O) groups excluding carboxylic acids is 1. The van der Waals surface area contributed by atoms with E-state index >= 15 is 0 Å². The highest BCUT2D eigenvalue weighted by atomic mass is 32.2. The minimum Gasteiger partial charge on any atom is -0.375 e. The van der Waals surface area contributed by atoms with Crippen molar-refractivity contribution in [3.8, 4) is 0 Å². The third-order valence-electron chi connectivity index (χ3n) is 4.21. The van der Waals surface area contributed by atoms with Gasteiger partial charge >= 0.3 is 0 Å². The zero-order chi connectivity index (χ0) is 15.5. The molecule has 1 amide bonds. The van der Waals surface area contributed by atoms with Gasteiger partial charge < -0.3 is 15.4 Å². The zero-order valence-corrected chi connectivity index (χ0v) is 13.5. The van der Waals surface area contributed by atoms with Gasteiger partial charge in [-0.25, -0.2) is 12.7 Å². The maximum atomic E-state index is 12.1. The second-order valence-corrected chi connectivity index (χ2v) is 7.84. The molecule has 0 saturated carbocycles. The normalized spacial score (nSPS) is 29.2. The molecule has 0 aromatic heterocycles. The average molecular weight is 319 g/mol. The summed E-state index contributed by atoms with van der Waals surface area (Å²) in [5, 5.41) is 6.12. The van der Waals surface area contributed by atoms with E-state index < -0.39 is 10.0 Å². The number of amides is 1. The highest BCUT2D eigenvalue weighted by molar-refractivity contribution is 7.88. The molecule has 2 heterocycles. The van der Waals surface area contributed by atoms with Crippen LogP contribution in [0.4, 0.5) is 0 Å². The van der Waals surface area contributed by atoms with Gasteiger partial charge in [-0.1, -0.05) is 0 Å². The summed E-state index contributed by atoms with van der Waals surface area (Å²) >= 11 is 0. The number of nitrogens with one attached hydrogen (secondary N) is 2. The van der Waals surface area contributed by atoms with Crippen molar-refractivity contribution in [1.29, 1.82) is 0 Å². The van der Waals surface area contributed by atoms with E-state index in [2.05, 4.69) is 10.6 Å². The van der Waals surface area contributed by atoms with E-state index in [9.17, 15) is 13.2 Å². The molecule has 0 aromatic rings. The van der Waals surface area contributed by atoms with Crippen molar-refractivity contribution in [2.75, 3.05) is 39.0 Å². The monoisotopic (exact) mass is 319 g/mol. The lowest BCUT2D eigenvalue weighted by molar-refractivity contribution is -0.129. The summed E-state index contributed by atoms with van der Waals surface area (Å²) in [4.78, 5) is 12.1. The van der Waals surface area contributed by atoms with Crippen molar-refractivity contribution in [3.05, 3.63) is 0 Å². The zero-order valence-electron chi connectivity index (χ0n) is 12.7. The van der Waals surface area contributed by atoms with E-state index in [-0.39, 0.29) is 18.1 Å². The van der Waals surface area contributed by atoms with Gasteiger partial charge in [-0.3, -0.25) is 4.79 Å². The van der Waals surface area contributed by atoms with Crippen molar-refractivity contribution in [3.63, 3.8) is 0 Å². The van der Waals surface area contributed by atoms with E-state index in [4.69, 9.17) is 4.74 Å². The fourth-order valence-corrected chi connectivity index (χ4v) is 3.70. The molecule has 122 valence electrons. The van der Waals surface area contributed by atoms with Gasteiger partial charge in [0.25, 0.3) is 0 Å². The lowest BCUT2D eigenvalue weighted by Gasteiger charge is -2.32. The first-order valence-electron chi connectivity index (χ1n) is 7.45. The summed E-state index contributed by atoms with van der Waals surface area (Å²) in [5.74, 6) is 0.305. The quantitative estimate of drug-likeness (QED) is 0.705. The second-order valence-electron chi connectivity index (χ2n) is 5.86. The van der Waals surface area contributed by atoms with Crippen LogP contribution in [-0.4, -0.2) is 69.8 Å². The van der Waals surface area contributed by atoms with Crippen LogP contribution < -0.4 is 10.6 Å². The van der Waals surface area contributed by atoms with Gasteiger partial charge in [0.05, 0.1) is 19.0 Å². The molecule has 2 aliphatic rings. The minimum absolute atomic E-state index is 0.0345. The Bertz CT molecular complexity index is 460. The number of hydrogen-bond donors (Lipinski definition) is 2. The molecular formula is C13H25N3O4S. The Morgan fingerprint density at radius 2 is 2.05 bits per heavy atom. The Balaban J connectivity index is 1.73. The molecule has 0 bridgehead atoms. The molecule has 0 aliphatic carbocycles. The molecular weight excluding hydrogens is 294 g/mol. The van der Waals surface area contributed by atoms with E-state index in [1.807, 2.05) is 6.92 Å². The average Bonchev–Trinajstić information content (AvgIpc) is 2.45. The largest absolute Gasteiger partial charge is 0.375 e. The van der Waals surface area contributed by atoms with Crippen LogP contribution in [0.25, 0.3) is 0 Å². The molecule has 0 aromatic carbocycles. The Kier molecular flexibility index (Phi) is 5.59. The van der Waals surface area contributed by atoms with Crippen molar-refractivity contribution in [2.24, 2.45) is 5.92 Å². The summed E-state index contributed by atoms with van der Waals surface area (Å²) in [7, 11) is -3.09. The van der Waals surface area contributed by atoms with Gasteiger partial charge in [-0.15, -0.1) is 0 Å². The van der Waals surface area contributed by atoms with Crippen molar-refractivity contribution >= 4 is 15.9 Å². The van der Waals surface area contributed by atoms with Gasteiger partial charge in [0.15, 0.2) is 0 Å². The molecule has 2 aliphatic heterocycles. The first kappa shape index (κ1) is 16.7. The molecule has 2 saturated heterocycles. The lowest BCUT2D eigenvalue weighted by atomic mass is 9.98. The van der Waals surface area contributed by atoms with Crippen LogP contribution in [-0.2, 0) is 19.6 Å². The van der Waals surface area contributed by atoms with Crippen molar-refractivity contribution in [2.45, 2.75) is 31.9 Å². The van der Waals surface area contributed by atoms with Gasteiger partial charge in [-0.05, 0) is 25.7 Å². The minimum atomic E-state index is -3.09. The maximum Gasteiger partial charge on any atom is 0.239 e. The predicted octanol–water partition coefficient (Wildman–Crippen LogP) is -0.849. The number of morpholine rings is 1. The van der Waals surface area contributed by atoms with Crippen LogP contribution in [0.1, 0.15) is 19.8 Å². The number of ether oxygens (including phenoxy) is 1. The van der Waals surface area contributed by atoms with E-state index in [0.717, 1.165) is 12.8 Å². The molecule has 2 fully saturated rings. The van der Waals surface area contributed by atoms with Crippen LogP contribution >= 0.6 is 0 Å². The standard InChI is InChI=1S/C13H25N3O4S/c1-10-12(14-5-8-20-10)13(17)15-9-11-3-6-16(7-4-11)21(2,18)19/h10-12,14H,3-9H2,1-2H3,(H,15,17)/t10-,12+/m1/s1. The van der Waals surface area contributed by atoms with Crippen LogP contribution in [0.15, 0.2) is 0 Å². The molecule has 0 unspecified atom stereocenters. The number of rotatable bonds is 4. The third kappa shape index (κ3) is 4.64. The van der Waals surface area contributed by atoms with Crippen LogP contribution in [0, 0.1) is 5.92 Å². The Labute approximate surface area is 126 Å². The first-order valence-corrected chi connectivity index (χ1v) is 9.30. The summed E-state index contributed by atoms with van der Waals surface area (Å²) < 4.78 is 29.8. The summed E-state index contributed by atoms with van der Waals surface area (Å²) in [6, 6.07) is -0.296. The number of sulfonamides is 1. The third-order valence-corrected chi connectivity index (χ3v) is 5.51. The number of carbonyl (C=O) groups is 1. The Hall–Kier alpha value is -0.700. The van der Waals surface area contributed by atoms with E-state index in [1.165, 1.54) is 10.6 Å². The van der Waals surface area contributed by atoms with Crippen LogP contribution in [0.2, 0.25) is 0 Å². The van der Waals surface area contributed by atoms with Crippen LogP contribution in [0.5, 0.6) is 0 Å². The second kappa shape index (κ2) is 7.04. The number of hydrogen-bond acceptors (Lipinski definition) is 5. The predicted molar refractivity (Wildman–Crippen MR) is 79.4 cm³/mol. The van der Waals surface area contributed by atoms with Gasteiger partial charge in [0.2, 0.25) is 15.9 Å². The van der Waals surface area contributed by atoms with Gasteiger partial charge in [0, 0.05) is 26.2 Å². The highest BCUT2D eigenvalue weighted by Crippen LogP contribution is 2.18. The number of piperidine rings is 1. The summed E-state index contributed by atoms with van der Waals surface area (Å²) in [5.41, 5.74) is 0. The molecule has 21 heavy (non-hydrogen) atoms. The Morgan fingerprint density at radius 3 is 2.62 bits per heavy atom. The fraction of sp³-hybridized carbons (Fsp3) is 0.923. The lowest BCUT2D eigenvalue weighted by Crippen LogP contribution is -2.56. The van der Waals surface area contributed by atoms with Crippen molar-refractivity contribution < 1.29 is 17.9 Å². The van der Waals surface area contributed by atoms with Crippen molar-refractivity contribution in [1.82, 2.24) is 14.9 Å². The molecule has 2 rings (SSSR count). The molecule has 2 atom stereocenters. The van der Waals surface area contributed by atoms with E-state index in [0.29, 0.717) is 38.7 Å². The molecule has 0 spiro atoms. The topological polar surface area (TPSA) is 87.7 Å². The molecule has 8 heteroatoms. The van der Waals surface area contributed by atoms with Crippen LogP contribution in [0.3, 0.4) is 0 Å². The molecule has 2 N–H and O–H groups in total. The summed E-state index contributed by atoms with van der Waals surface area (Å²) in [6.07, 6.45) is 2.70. The Morgan fingerprint density at radius 1 is 1.38 bits per heavy atom. The summed E-state index contributed by atoms with van der Waals surface area (Å²) in [6.45, 7) is 4.90. The fourth-order valence-electron chi connectivity index (χ4n) is 2.83. The number of nitrogens with zero attached hydrogens (tertiary/aromatic N) is 1. The highest BCUT2D eigenvalue weighted by Gasteiger charge is 2.29. The first-order chi connectivity index (χ1) is 9.88. The smallest absolute Gasteiger partial charge is 0.239 e. The van der Waals surface area contributed by atoms with Gasteiger partial charge in [0.1, 0.15) is 6.04 Å². The van der Waals surface area contributed by atoms with E-state index in [1.54, 1.807) is 0 Å².